The summed E-state index contributed by atoms with van der Waals surface area (Å²) in [6.07, 6.45) is 0. The van der Waals surface area contributed by atoms with Crippen molar-refractivity contribution in [2.75, 3.05) is 5.75 Å². The Morgan fingerprint density at radius 1 is 1.42 bits per heavy atom. The van der Waals surface area contributed by atoms with Gasteiger partial charge in [0.15, 0.2) is 11.0 Å². The number of thioether (sulfide) groups is 1. The molecular formula is C11H10FN3O3S. The number of carboxylic acids is 1. The average molecular weight is 283 g/mol. The van der Waals surface area contributed by atoms with Crippen LogP contribution < -0.4 is 0 Å². The zero-order valence-electron chi connectivity index (χ0n) is 9.65. The summed E-state index contributed by atoms with van der Waals surface area (Å²) in [6, 6.07) is 5.68. The molecule has 1 aromatic heterocycles. The van der Waals surface area contributed by atoms with Crippen LogP contribution in [0.4, 0.5) is 4.39 Å². The maximum absolute atomic E-state index is 13.2. The SMILES string of the molecule is O=C(O)CSc1nnc(CO)n1-c1cccc(F)c1. The highest BCUT2D eigenvalue weighted by atomic mass is 32.2. The summed E-state index contributed by atoms with van der Waals surface area (Å²) in [5, 5.41) is 25.7. The van der Waals surface area contributed by atoms with E-state index in [1.165, 1.54) is 22.8 Å². The first-order valence-electron chi connectivity index (χ1n) is 5.27. The number of rotatable bonds is 5. The molecule has 2 aromatic rings. The second kappa shape index (κ2) is 5.81. The lowest BCUT2D eigenvalue weighted by Gasteiger charge is -2.08. The van der Waals surface area contributed by atoms with Gasteiger partial charge >= 0.3 is 5.97 Å². The van der Waals surface area contributed by atoms with Crippen molar-refractivity contribution in [1.82, 2.24) is 14.8 Å². The van der Waals surface area contributed by atoms with Gasteiger partial charge in [-0.3, -0.25) is 9.36 Å². The summed E-state index contributed by atoms with van der Waals surface area (Å²) >= 11 is 0.948. The molecule has 0 bridgehead atoms. The number of halogens is 1. The van der Waals surface area contributed by atoms with Crippen LogP contribution in [0, 0.1) is 5.82 Å². The van der Waals surface area contributed by atoms with Gasteiger partial charge in [0.1, 0.15) is 12.4 Å². The van der Waals surface area contributed by atoms with Gasteiger partial charge in [-0.15, -0.1) is 10.2 Å². The molecule has 100 valence electrons. The van der Waals surface area contributed by atoms with Crippen LogP contribution in [0.15, 0.2) is 29.4 Å². The minimum atomic E-state index is -0.996. The molecular weight excluding hydrogens is 273 g/mol. The standard InChI is InChI=1S/C11H10FN3O3S/c12-7-2-1-3-8(4-7)15-9(5-16)13-14-11(15)19-6-10(17)18/h1-4,16H,5-6H2,(H,17,18). The van der Waals surface area contributed by atoms with Gasteiger partial charge in [-0.2, -0.15) is 0 Å². The van der Waals surface area contributed by atoms with Crippen LogP contribution in [0.5, 0.6) is 0 Å². The van der Waals surface area contributed by atoms with Crippen LogP contribution >= 0.6 is 11.8 Å². The van der Waals surface area contributed by atoms with E-state index in [0.717, 1.165) is 11.8 Å². The number of carbonyl (C=O) groups is 1. The Hall–Kier alpha value is -1.93. The number of benzene rings is 1. The average Bonchev–Trinajstić information content (AvgIpc) is 2.79. The van der Waals surface area contributed by atoms with Crippen LogP contribution in [0.25, 0.3) is 5.69 Å². The molecule has 0 aliphatic rings. The van der Waals surface area contributed by atoms with Gasteiger partial charge in [0.25, 0.3) is 0 Å². The van der Waals surface area contributed by atoms with Gasteiger partial charge < -0.3 is 10.2 Å². The van der Waals surface area contributed by atoms with Crippen molar-refractivity contribution in [3.05, 3.63) is 35.9 Å². The third-order valence-corrected chi connectivity index (χ3v) is 3.15. The first-order valence-corrected chi connectivity index (χ1v) is 6.26. The summed E-state index contributed by atoms with van der Waals surface area (Å²) in [6.45, 7) is -0.378. The molecule has 0 fully saturated rings. The minimum absolute atomic E-state index is 0.196. The predicted molar refractivity (Wildman–Crippen MR) is 65.6 cm³/mol. The molecule has 0 aliphatic carbocycles. The zero-order valence-corrected chi connectivity index (χ0v) is 10.5. The Labute approximate surface area is 111 Å². The van der Waals surface area contributed by atoms with Crippen molar-refractivity contribution in [2.45, 2.75) is 11.8 Å². The highest BCUT2D eigenvalue weighted by Gasteiger charge is 2.15. The van der Waals surface area contributed by atoms with Crippen LogP contribution in [0.1, 0.15) is 5.82 Å². The molecule has 0 spiro atoms. The first-order chi connectivity index (χ1) is 9.11. The van der Waals surface area contributed by atoms with Crippen LogP contribution in [-0.4, -0.2) is 36.7 Å². The normalized spacial score (nSPS) is 10.6. The van der Waals surface area contributed by atoms with E-state index >= 15 is 0 Å². The van der Waals surface area contributed by atoms with E-state index in [1.807, 2.05) is 0 Å². The van der Waals surface area contributed by atoms with Crippen LogP contribution in [-0.2, 0) is 11.4 Å². The molecule has 0 radical (unpaired) electrons. The quantitative estimate of drug-likeness (QED) is 0.798. The summed E-state index contributed by atoms with van der Waals surface area (Å²) < 4.78 is 14.7. The monoisotopic (exact) mass is 283 g/mol. The fourth-order valence-electron chi connectivity index (χ4n) is 1.50. The topological polar surface area (TPSA) is 88.2 Å². The van der Waals surface area contributed by atoms with Crippen molar-refractivity contribution < 1.29 is 19.4 Å². The van der Waals surface area contributed by atoms with Gasteiger partial charge in [0.2, 0.25) is 0 Å². The van der Waals surface area contributed by atoms with Crippen LogP contribution in [0.2, 0.25) is 0 Å². The second-order valence-corrected chi connectivity index (χ2v) is 4.50. The third-order valence-electron chi connectivity index (χ3n) is 2.23. The molecule has 19 heavy (non-hydrogen) atoms. The number of aliphatic hydroxyl groups excluding tert-OH is 1. The van der Waals surface area contributed by atoms with E-state index in [1.54, 1.807) is 6.07 Å². The largest absolute Gasteiger partial charge is 0.481 e. The van der Waals surface area contributed by atoms with E-state index in [2.05, 4.69) is 10.2 Å². The molecule has 6 nitrogen and oxygen atoms in total. The van der Waals surface area contributed by atoms with Crippen molar-refractivity contribution in [1.29, 1.82) is 0 Å². The number of aromatic nitrogens is 3. The second-order valence-electron chi connectivity index (χ2n) is 3.55. The molecule has 0 saturated heterocycles. The van der Waals surface area contributed by atoms with Gasteiger partial charge in [-0.05, 0) is 18.2 Å². The fourth-order valence-corrected chi connectivity index (χ4v) is 2.19. The maximum atomic E-state index is 13.2. The molecule has 8 heteroatoms. The first kappa shape index (κ1) is 13.5. The molecule has 0 aliphatic heterocycles. The summed E-state index contributed by atoms with van der Waals surface area (Å²) in [4.78, 5) is 10.6. The van der Waals surface area contributed by atoms with Crippen molar-refractivity contribution in [3.63, 3.8) is 0 Å². The van der Waals surface area contributed by atoms with Crippen molar-refractivity contribution >= 4 is 17.7 Å². The van der Waals surface area contributed by atoms with Crippen molar-refractivity contribution in [2.24, 2.45) is 0 Å². The lowest BCUT2D eigenvalue weighted by atomic mass is 10.3. The van der Waals surface area contributed by atoms with Gasteiger partial charge in [0, 0.05) is 0 Å². The van der Waals surface area contributed by atoms with Crippen molar-refractivity contribution in [3.8, 4) is 5.69 Å². The number of aliphatic carboxylic acids is 1. The van der Waals surface area contributed by atoms with E-state index in [9.17, 15) is 14.3 Å². The molecule has 0 amide bonds. The molecule has 2 N–H and O–H groups in total. The minimum Gasteiger partial charge on any atom is -0.481 e. The summed E-state index contributed by atoms with van der Waals surface area (Å²) in [7, 11) is 0. The number of nitrogens with zero attached hydrogens (tertiary/aromatic N) is 3. The summed E-state index contributed by atoms with van der Waals surface area (Å²) in [5.41, 5.74) is 0.432. The van der Waals surface area contributed by atoms with E-state index in [-0.39, 0.29) is 23.3 Å². The third kappa shape index (κ3) is 3.09. The Kier molecular flexibility index (Phi) is 4.13. The van der Waals surface area contributed by atoms with Gasteiger partial charge in [0.05, 0.1) is 11.4 Å². The number of aliphatic hydroxyl groups is 1. The molecule has 0 saturated carbocycles. The lowest BCUT2D eigenvalue weighted by molar-refractivity contribution is -0.133. The molecule has 1 aromatic carbocycles. The Morgan fingerprint density at radius 3 is 2.84 bits per heavy atom. The van der Waals surface area contributed by atoms with Crippen LogP contribution in [0.3, 0.4) is 0 Å². The Morgan fingerprint density at radius 2 is 2.21 bits per heavy atom. The molecule has 1 heterocycles. The molecule has 2 rings (SSSR count). The predicted octanol–water partition coefficient (Wildman–Crippen LogP) is 1.08. The van der Waals surface area contributed by atoms with Gasteiger partial charge in [-0.1, -0.05) is 17.8 Å². The van der Waals surface area contributed by atoms with E-state index in [4.69, 9.17) is 5.11 Å². The van der Waals surface area contributed by atoms with E-state index < -0.39 is 11.8 Å². The smallest absolute Gasteiger partial charge is 0.313 e. The highest BCUT2D eigenvalue weighted by Crippen LogP contribution is 2.22. The molecule has 0 atom stereocenters. The number of hydrogen-bond donors (Lipinski definition) is 2. The summed E-state index contributed by atoms with van der Waals surface area (Å²) in [5.74, 6) is -1.41. The Bertz CT molecular complexity index is 603. The maximum Gasteiger partial charge on any atom is 0.313 e. The highest BCUT2D eigenvalue weighted by molar-refractivity contribution is 7.99. The van der Waals surface area contributed by atoms with E-state index in [0.29, 0.717) is 5.69 Å². The number of carboxylic acid groups (broad SMARTS) is 1. The van der Waals surface area contributed by atoms with Gasteiger partial charge in [-0.25, -0.2) is 4.39 Å². The Balaban J connectivity index is 2.41. The lowest BCUT2D eigenvalue weighted by Crippen LogP contribution is -2.05. The number of hydrogen-bond acceptors (Lipinski definition) is 5. The molecule has 0 unspecified atom stereocenters. The fraction of sp³-hybridized carbons (Fsp3) is 0.182. The zero-order chi connectivity index (χ0) is 13.8.